The van der Waals surface area contributed by atoms with E-state index in [1.807, 2.05) is 6.07 Å². The summed E-state index contributed by atoms with van der Waals surface area (Å²) in [6.45, 7) is 5.40. The van der Waals surface area contributed by atoms with Gasteiger partial charge in [0.15, 0.2) is 17.3 Å². The Kier molecular flexibility index (Phi) is 21.5. The van der Waals surface area contributed by atoms with Crippen LogP contribution in [0.3, 0.4) is 0 Å². The molecule has 0 aliphatic rings. The smallest absolute Gasteiger partial charge is 0.545 e. The van der Waals surface area contributed by atoms with Crippen LogP contribution in [-0.2, 0) is 5.41 Å². The number of nitriles is 1. The van der Waals surface area contributed by atoms with Crippen LogP contribution >= 0.6 is 0 Å². The zero-order valence-corrected chi connectivity index (χ0v) is 46.2. The van der Waals surface area contributed by atoms with E-state index in [4.69, 9.17) is 5.73 Å². The molecule has 0 radical (unpaired) electrons. The largest absolute Gasteiger partial charge is 1.00 e. The van der Waals surface area contributed by atoms with Crippen molar-refractivity contribution < 1.29 is 245 Å². The first-order valence-corrected chi connectivity index (χ1v) is 16.3. The molecule has 3 heterocycles. The first kappa shape index (κ1) is 55.1. The first-order valence-electron chi connectivity index (χ1n) is 16.3. The zero-order chi connectivity index (χ0) is 41.2. The number of nitrogens with zero attached hydrogens (tertiary/aromatic N) is 10. The summed E-state index contributed by atoms with van der Waals surface area (Å²) in [6.07, 6.45) is 1.11. The van der Waals surface area contributed by atoms with Crippen LogP contribution in [0, 0.1) is 11.3 Å². The average Bonchev–Trinajstić information content (AvgIpc) is 3.74. The SMILES string of the molecule is CC(C)(C)c1nn(-c2nc(Nc3ccc(C(=O)[O-])cc3)nc(Nc3ccc(C(=O)[O-])cc3)n2)c(N)c1N=Nc1c(C#N)cnn1-c1cc(C(=O)[O-])cc(C(=O)[O-])c1.[K+].[K+].[K+].[K+]. The van der Waals surface area contributed by atoms with E-state index >= 15 is 0 Å². The number of nitrogens with one attached hydrogen (secondary N) is 2. The van der Waals surface area contributed by atoms with E-state index < -0.39 is 40.4 Å². The van der Waals surface area contributed by atoms with Crippen LogP contribution in [0.2, 0.25) is 0 Å². The summed E-state index contributed by atoms with van der Waals surface area (Å²) in [5, 5.41) is 78.9. The fourth-order valence-electron chi connectivity index (χ4n) is 5.16. The molecule has 0 aliphatic heterocycles. The summed E-state index contributed by atoms with van der Waals surface area (Å²) in [7, 11) is 0. The average molecular weight is 924 g/mol. The Balaban J connectivity index is 0.00000320. The molecular formula is C36H25K4N13O8. The van der Waals surface area contributed by atoms with Gasteiger partial charge in [0.25, 0.3) is 5.95 Å². The third kappa shape index (κ3) is 13.5. The van der Waals surface area contributed by atoms with E-state index in [0.717, 1.165) is 33.8 Å². The predicted octanol–water partition coefficient (Wildman–Crippen LogP) is -11.6. The van der Waals surface area contributed by atoms with E-state index in [1.165, 1.54) is 48.5 Å². The third-order valence-corrected chi connectivity index (χ3v) is 7.91. The predicted molar refractivity (Wildman–Crippen MR) is 189 cm³/mol. The van der Waals surface area contributed by atoms with Crippen LogP contribution in [0.1, 0.15) is 73.5 Å². The van der Waals surface area contributed by atoms with E-state index in [1.54, 1.807) is 20.8 Å². The Hall–Kier alpha value is -1.99. The Morgan fingerprint density at radius 3 is 1.56 bits per heavy atom. The molecule has 21 nitrogen and oxygen atoms in total. The molecule has 25 heteroatoms. The minimum absolute atomic E-state index is 0. The maximum atomic E-state index is 11.7. The van der Waals surface area contributed by atoms with E-state index in [-0.39, 0.29) is 269 Å². The number of aromatic carboxylic acids is 4. The second kappa shape index (κ2) is 23.8. The van der Waals surface area contributed by atoms with Crippen LogP contribution in [0.4, 0.5) is 40.6 Å². The van der Waals surface area contributed by atoms with Gasteiger partial charge in [0.1, 0.15) is 11.6 Å². The number of carbonyl (C=O) groups excluding carboxylic acids is 4. The number of azo groups is 1. The van der Waals surface area contributed by atoms with Crippen molar-refractivity contribution in [2.45, 2.75) is 26.2 Å². The third-order valence-electron chi connectivity index (χ3n) is 7.91. The summed E-state index contributed by atoms with van der Waals surface area (Å²) in [5.41, 5.74) is 5.51. The maximum absolute atomic E-state index is 11.7. The van der Waals surface area contributed by atoms with Crippen molar-refractivity contribution in [2.24, 2.45) is 10.2 Å². The second-order valence-electron chi connectivity index (χ2n) is 13.0. The van der Waals surface area contributed by atoms with Gasteiger partial charge in [-0.25, -0.2) is 4.68 Å². The molecule has 0 bridgehead atoms. The Morgan fingerprint density at radius 1 is 0.689 bits per heavy atom. The molecule has 0 amide bonds. The number of rotatable bonds is 12. The number of anilines is 5. The first-order chi connectivity index (χ1) is 27.0. The van der Waals surface area contributed by atoms with Crippen LogP contribution in [0.15, 0.2) is 83.2 Å². The van der Waals surface area contributed by atoms with Crippen molar-refractivity contribution in [3.8, 4) is 17.7 Å². The molecule has 3 aromatic carbocycles. The molecule has 4 N–H and O–H groups in total. The van der Waals surface area contributed by atoms with Gasteiger partial charge in [0.2, 0.25) is 11.9 Å². The van der Waals surface area contributed by atoms with Crippen LogP contribution in [0.5, 0.6) is 0 Å². The van der Waals surface area contributed by atoms with Crippen LogP contribution in [0.25, 0.3) is 11.6 Å². The summed E-state index contributed by atoms with van der Waals surface area (Å²) in [6, 6.07) is 15.9. The second-order valence-corrected chi connectivity index (χ2v) is 13.0. The Labute approximate surface area is 516 Å². The normalized spacial score (nSPS) is 10.5. The van der Waals surface area contributed by atoms with E-state index in [2.05, 4.69) is 46.0 Å². The van der Waals surface area contributed by atoms with Crippen molar-refractivity contribution in [1.82, 2.24) is 34.5 Å². The minimum Gasteiger partial charge on any atom is -0.545 e. The molecule has 0 saturated carbocycles. The van der Waals surface area contributed by atoms with Crippen LogP contribution in [-0.4, -0.2) is 58.4 Å². The maximum Gasteiger partial charge on any atom is 1.00 e. The van der Waals surface area contributed by atoms with Gasteiger partial charge in [0, 0.05) is 16.8 Å². The molecule has 0 saturated heterocycles. The summed E-state index contributed by atoms with van der Waals surface area (Å²) >= 11 is 0. The topological polar surface area (TPSA) is 333 Å². The van der Waals surface area contributed by atoms with Gasteiger partial charge in [-0.1, -0.05) is 45.0 Å². The number of benzene rings is 3. The summed E-state index contributed by atoms with van der Waals surface area (Å²) < 4.78 is 2.14. The minimum atomic E-state index is -1.68. The molecule has 286 valence electrons. The van der Waals surface area contributed by atoms with Crippen LogP contribution < -0.4 is 242 Å². The number of carboxylic acid groups (broad SMARTS) is 4. The zero-order valence-electron chi connectivity index (χ0n) is 33.7. The Bertz CT molecular complexity index is 2570. The molecule has 0 atom stereocenters. The van der Waals surface area contributed by atoms with Gasteiger partial charge in [0.05, 0.1) is 41.5 Å². The quantitative estimate of drug-likeness (QED) is 0.0758. The van der Waals surface area contributed by atoms with Crippen molar-refractivity contribution in [3.05, 3.63) is 106 Å². The number of hydrogen-bond donors (Lipinski definition) is 3. The number of nitrogens with two attached hydrogens (primary N) is 1. The number of hydrogen-bond acceptors (Lipinski definition) is 19. The molecular weight excluding hydrogens is 899 g/mol. The Morgan fingerprint density at radius 2 is 1.15 bits per heavy atom. The van der Waals surface area contributed by atoms with Crippen molar-refractivity contribution in [2.75, 3.05) is 16.4 Å². The van der Waals surface area contributed by atoms with Gasteiger partial charge in [-0.15, -0.1) is 10.2 Å². The molecule has 0 aliphatic carbocycles. The molecule has 0 spiro atoms. The van der Waals surface area contributed by atoms with Gasteiger partial charge in [-0.05, 0) is 64.7 Å². The monoisotopic (exact) mass is 923 g/mol. The van der Waals surface area contributed by atoms with E-state index in [9.17, 15) is 44.9 Å². The van der Waals surface area contributed by atoms with Gasteiger partial charge in [-0.2, -0.15) is 35.1 Å². The fraction of sp³-hybridized carbons (Fsp3) is 0.111. The molecule has 0 fully saturated rings. The summed E-state index contributed by atoms with van der Waals surface area (Å²) in [5.74, 6) is -6.77. The van der Waals surface area contributed by atoms with Gasteiger partial charge >= 0.3 is 206 Å². The number of aromatic nitrogens is 7. The van der Waals surface area contributed by atoms with Crippen molar-refractivity contribution in [1.29, 1.82) is 5.26 Å². The molecule has 6 rings (SSSR count). The van der Waals surface area contributed by atoms with Gasteiger partial charge < -0.3 is 56.0 Å². The molecule has 61 heavy (non-hydrogen) atoms. The number of nitrogen functional groups attached to an aromatic ring is 1. The van der Waals surface area contributed by atoms with E-state index in [0.29, 0.717) is 11.4 Å². The fourth-order valence-corrected chi connectivity index (χ4v) is 5.16. The number of carboxylic acids is 4. The van der Waals surface area contributed by atoms with Crippen molar-refractivity contribution in [3.63, 3.8) is 0 Å². The van der Waals surface area contributed by atoms with Gasteiger partial charge in [-0.3, -0.25) is 0 Å². The standard InChI is InChI=1S/C36H29N13O8.4K/c1-36(2,3)26-25(45-46-28-21(15-37)16-39-48(28)24-13-19(31(54)55)12-20(14-24)32(56)57)27(38)49(47-26)35-43-33(40-22-8-4-17(5-9-22)29(50)51)42-34(44-35)41-23-10-6-18(7-11-23)30(52)53;;;;/h4-14,16H,38H2,1-3H3,(H,50,51)(H,52,53)(H,54,55)(H,56,57)(H2,40,41,42,43,44);;;;/q;4*+1/p-4. The van der Waals surface area contributed by atoms with Crippen molar-refractivity contribution >= 4 is 64.5 Å². The molecule has 6 aromatic rings. The summed E-state index contributed by atoms with van der Waals surface area (Å²) in [4.78, 5) is 59.2. The number of carbonyl (C=O) groups is 4. The molecule has 0 unspecified atom stereocenters. The molecule has 3 aromatic heterocycles.